The van der Waals surface area contributed by atoms with E-state index < -0.39 is 15.9 Å². The number of sulfonamides is 1. The minimum absolute atomic E-state index is 0.0988. The van der Waals surface area contributed by atoms with E-state index in [-0.39, 0.29) is 17.3 Å². The second kappa shape index (κ2) is 11.2. The third-order valence-electron chi connectivity index (χ3n) is 6.96. The highest BCUT2D eigenvalue weighted by atomic mass is 32.2. The van der Waals surface area contributed by atoms with Crippen LogP contribution >= 0.6 is 11.3 Å². The lowest BCUT2D eigenvalue weighted by Crippen LogP contribution is -2.46. The van der Waals surface area contributed by atoms with Gasteiger partial charge >= 0.3 is 0 Å². The lowest BCUT2D eigenvalue weighted by molar-refractivity contribution is -0.123. The van der Waals surface area contributed by atoms with Crippen molar-refractivity contribution < 1.29 is 17.9 Å². The highest BCUT2D eigenvalue weighted by Crippen LogP contribution is 2.33. The van der Waals surface area contributed by atoms with E-state index in [2.05, 4.69) is 19.1 Å². The first-order valence-corrected chi connectivity index (χ1v) is 15.0. The van der Waals surface area contributed by atoms with Crippen LogP contribution in [0.2, 0.25) is 0 Å². The van der Waals surface area contributed by atoms with Crippen molar-refractivity contribution in [2.75, 3.05) is 25.1 Å². The molecule has 1 saturated heterocycles. The molecule has 1 amide bonds. The van der Waals surface area contributed by atoms with Crippen LogP contribution in [0.4, 0.5) is 5.13 Å². The number of methoxy groups -OCH3 is 1. The number of hydrogen-bond donors (Lipinski definition) is 0. The van der Waals surface area contributed by atoms with Crippen LogP contribution in [0.1, 0.15) is 30.9 Å². The van der Waals surface area contributed by atoms with Crippen molar-refractivity contribution in [1.29, 1.82) is 0 Å². The van der Waals surface area contributed by atoms with Crippen molar-refractivity contribution in [2.45, 2.75) is 37.6 Å². The van der Waals surface area contributed by atoms with Gasteiger partial charge in [-0.1, -0.05) is 54.7 Å². The number of amides is 1. The Bertz CT molecular complexity index is 1520. The molecule has 1 unspecified atom stereocenters. The normalized spacial score (nSPS) is 16.4. The smallest absolute Gasteiger partial charge is 0.243 e. The van der Waals surface area contributed by atoms with Gasteiger partial charge in [0, 0.05) is 13.1 Å². The summed E-state index contributed by atoms with van der Waals surface area (Å²) in [4.78, 5) is 20.8. The maximum Gasteiger partial charge on any atom is 0.243 e. The highest BCUT2D eigenvalue weighted by molar-refractivity contribution is 7.89. The zero-order chi connectivity index (χ0) is 26.7. The molecular formula is C29H31N3O4S2. The summed E-state index contributed by atoms with van der Waals surface area (Å²) in [5.74, 6) is 0.0334. The summed E-state index contributed by atoms with van der Waals surface area (Å²) in [6, 6.07) is 22.4. The Labute approximate surface area is 227 Å². The Morgan fingerprint density at radius 2 is 1.84 bits per heavy atom. The first-order valence-electron chi connectivity index (χ1n) is 12.8. The van der Waals surface area contributed by atoms with Crippen LogP contribution < -0.4 is 9.64 Å². The number of benzene rings is 3. The summed E-state index contributed by atoms with van der Waals surface area (Å²) >= 11 is 1.50. The fourth-order valence-electron chi connectivity index (χ4n) is 4.78. The monoisotopic (exact) mass is 549 g/mol. The lowest BCUT2D eigenvalue weighted by atomic mass is 9.98. The zero-order valence-electron chi connectivity index (χ0n) is 21.5. The lowest BCUT2D eigenvalue weighted by Gasteiger charge is -2.33. The van der Waals surface area contributed by atoms with Crippen LogP contribution in [0.15, 0.2) is 77.7 Å². The molecule has 1 aliphatic rings. The average molecular weight is 550 g/mol. The van der Waals surface area contributed by atoms with Gasteiger partial charge < -0.3 is 4.74 Å². The van der Waals surface area contributed by atoms with Crippen LogP contribution in [0.25, 0.3) is 10.2 Å². The standard InChI is InChI=1S/C29H31N3O4S2/c1-3-21-11-16-26-27(18-21)37-29(30-26)32(19-22-8-5-4-6-9-22)28(33)23-10-7-17-31(20-23)38(34,35)25-14-12-24(36-2)13-15-25/h4-6,8-9,11-16,18,23H,3,7,10,17,19-20H2,1-2H3. The third kappa shape index (κ3) is 5.45. The quantitative estimate of drug-likeness (QED) is 0.290. The van der Waals surface area contributed by atoms with Crippen LogP contribution in [0.3, 0.4) is 0 Å². The van der Waals surface area contributed by atoms with E-state index in [1.54, 1.807) is 36.3 Å². The number of hydrogen-bond acceptors (Lipinski definition) is 6. The number of thiazole rings is 1. The average Bonchev–Trinajstić information content (AvgIpc) is 3.39. The fraction of sp³-hybridized carbons (Fsp3) is 0.310. The van der Waals surface area contributed by atoms with Crippen molar-refractivity contribution in [1.82, 2.24) is 9.29 Å². The molecule has 1 aromatic heterocycles. The largest absolute Gasteiger partial charge is 0.497 e. The van der Waals surface area contributed by atoms with Gasteiger partial charge in [0.15, 0.2) is 5.13 Å². The fourth-order valence-corrected chi connectivity index (χ4v) is 7.34. The molecule has 0 spiro atoms. The van der Waals surface area contributed by atoms with E-state index in [1.165, 1.54) is 21.2 Å². The predicted octanol–water partition coefficient (Wildman–Crippen LogP) is 5.50. The number of carbonyl (C=O) groups excluding carboxylic acids is 1. The molecule has 1 atom stereocenters. The highest BCUT2D eigenvalue weighted by Gasteiger charge is 2.36. The van der Waals surface area contributed by atoms with E-state index in [0.717, 1.165) is 22.2 Å². The van der Waals surface area contributed by atoms with Gasteiger partial charge in [-0.25, -0.2) is 13.4 Å². The number of nitrogens with zero attached hydrogens (tertiary/aromatic N) is 3. The van der Waals surface area contributed by atoms with Gasteiger partial charge in [0.1, 0.15) is 5.75 Å². The number of fused-ring (bicyclic) bond motifs is 1. The molecule has 0 saturated carbocycles. The molecule has 5 rings (SSSR count). The molecule has 0 aliphatic carbocycles. The first kappa shape index (κ1) is 26.3. The topological polar surface area (TPSA) is 79.8 Å². The summed E-state index contributed by atoms with van der Waals surface area (Å²) in [6.45, 7) is 3.02. The Hall–Kier alpha value is -3.27. The SMILES string of the molecule is CCc1ccc2nc(N(Cc3ccccc3)C(=O)C3CCCN(S(=O)(=O)c4ccc(OC)cc4)C3)sc2c1. The molecular weight excluding hydrogens is 518 g/mol. The number of aromatic nitrogens is 1. The summed E-state index contributed by atoms with van der Waals surface area (Å²) in [7, 11) is -2.20. The van der Waals surface area contributed by atoms with Crippen molar-refractivity contribution in [2.24, 2.45) is 5.92 Å². The molecule has 9 heteroatoms. The maximum atomic E-state index is 14.1. The van der Waals surface area contributed by atoms with Gasteiger partial charge in [0.05, 0.1) is 34.7 Å². The van der Waals surface area contributed by atoms with E-state index >= 15 is 0 Å². The Morgan fingerprint density at radius 3 is 2.55 bits per heavy atom. The number of anilines is 1. The van der Waals surface area contributed by atoms with Gasteiger partial charge in [-0.3, -0.25) is 9.69 Å². The number of rotatable bonds is 8. The van der Waals surface area contributed by atoms with Crippen molar-refractivity contribution >= 4 is 42.6 Å². The second-order valence-electron chi connectivity index (χ2n) is 9.44. The minimum atomic E-state index is -3.74. The van der Waals surface area contributed by atoms with Crippen molar-refractivity contribution in [3.05, 3.63) is 83.9 Å². The second-order valence-corrected chi connectivity index (χ2v) is 12.4. The van der Waals surface area contributed by atoms with E-state index in [0.29, 0.717) is 36.8 Å². The van der Waals surface area contributed by atoms with Crippen LogP contribution in [-0.4, -0.2) is 43.8 Å². The summed E-state index contributed by atoms with van der Waals surface area (Å²) in [5, 5.41) is 0.636. The zero-order valence-corrected chi connectivity index (χ0v) is 23.2. The molecule has 4 aromatic rings. The summed E-state index contributed by atoms with van der Waals surface area (Å²) < 4.78 is 34.5. The van der Waals surface area contributed by atoms with Crippen molar-refractivity contribution in [3.8, 4) is 5.75 Å². The summed E-state index contributed by atoms with van der Waals surface area (Å²) in [5.41, 5.74) is 3.08. The molecule has 38 heavy (non-hydrogen) atoms. The Balaban J connectivity index is 1.43. The minimum Gasteiger partial charge on any atom is -0.497 e. The molecule has 3 aromatic carbocycles. The Morgan fingerprint density at radius 1 is 1.08 bits per heavy atom. The van der Waals surface area contributed by atoms with Crippen molar-refractivity contribution in [3.63, 3.8) is 0 Å². The van der Waals surface area contributed by atoms with E-state index in [4.69, 9.17) is 9.72 Å². The van der Waals surface area contributed by atoms with Gasteiger partial charge in [-0.2, -0.15) is 4.31 Å². The van der Waals surface area contributed by atoms with E-state index in [1.807, 2.05) is 36.4 Å². The Kier molecular flexibility index (Phi) is 7.78. The van der Waals surface area contributed by atoms with Gasteiger partial charge in [-0.15, -0.1) is 0 Å². The first-order chi connectivity index (χ1) is 18.4. The molecule has 7 nitrogen and oxygen atoms in total. The van der Waals surface area contributed by atoms with Crippen LogP contribution in [0.5, 0.6) is 5.75 Å². The van der Waals surface area contributed by atoms with Gasteiger partial charge in [0.2, 0.25) is 15.9 Å². The summed E-state index contributed by atoms with van der Waals surface area (Å²) in [6.07, 6.45) is 2.17. The maximum absolute atomic E-state index is 14.1. The van der Waals surface area contributed by atoms with Gasteiger partial charge in [-0.05, 0) is 66.8 Å². The van der Waals surface area contributed by atoms with E-state index in [9.17, 15) is 13.2 Å². The number of piperidine rings is 1. The molecule has 198 valence electrons. The molecule has 0 radical (unpaired) electrons. The van der Waals surface area contributed by atoms with Gasteiger partial charge in [0.25, 0.3) is 0 Å². The number of aryl methyl sites for hydroxylation is 1. The molecule has 0 bridgehead atoms. The van der Waals surface area contributed by atoms with Crippen LogP contribution in [-0.2, 0) is 27.8 Å². The third-order valence-corrected chi connectivity index (χ3v) is 9.88. The number of ether oxygens (including phenoxy) is 1. The molecule has 2 heterocycles. The predicted molar refractivity (Wildman–Crippen MR) is 151 cm³/mol. The molecule has 0 N–H and O–H groups in total. The molecule has 1 aliphatic heterocycles. The molecule has 1 fully saturated rings. The van der Waals surface area contributed by atoms with Crippen LogP contribution in [0, 0.1) is 5.92 Å². The number of carbonyl (C=O) groups is 1.